The van der Waals surface area contributed by atoms with Crippen molar-refractivity contribution >= 4 is 22.7 Å². The Morgan fingerprint density at radius 2 is 1.92 bits per heavy atom. The van der Waals surface area contributed by atoms with E-state index in [0.29, 0.717) is 6.42 Å². The van der Waals surface area contributed by atoms with Gasteiger partial charge in [0.25, 0.3) is 0 Å². The van der Waals surface area contributed by atoms with Gasteiger partial charge >= 0.3 is 22.7 Å². The first kappa shape index (κ1) is 12.1. The molecule has 0 radical (unpaired) electrons. The predicted octanol–water partition coefficient (Wildman–Crippen LogP) is 0.0716. The van der Waals surface area contributed by atoms with E-state index in [4.69, 9.17) is 9.11 Å². The largest absolute Gasteiger partial charge is 0.302 e. The Hall–Kier alpha value is 0.140. The van der Waals surface area contributed by atoms with Crippen molar-refractivity contribution < 1.29 is 25.9 Å². The van der Waals surface area contributed by atoms with Crippen LogP contribution in [0.5, 0.6) is 0 Å². The molecule has 0 aliphatic rings. The summed E-state index contributed by atoms with van der Waals surface area (Å²) in [6.07, 6.45) is -0.226. The summed E-state index contributed by atoms with van der Waals surface area (Å²) in [6, 6.07) is 0. The molecule has 0 aromatic carbocycles. The predicted molar refractivity (Wildman–Crippen MR) is 42.7 cm³/mol. The van der Waals surface area contributed by atoms with E-state index in [1.54, 1.807) is 6.92 Å². The van der Waals surface area contributed by atoms with Gasteiger partial charge in [0.1, 0.15) is 6.10 Å². The van der Waals surface area contributed by atoms with Crippen molar-refractivity contribution in [2.24, 2.45) is 0 Å². The Balaban J connectivity index is 3.67. The third kappa shape index (κ3) is 6.83. The monoisotopic (exact) mass is 218 g/mol. The molecule has 3 unspecified atom stereocenters. The van der Waals surface area contributed by atoms with E-state index in [0.717, 1.165) is 0 Å². The minimum Gasteiger partial charge on any atom is -0.284 e. The van der Waals surface area contributed by atoms with Crippen LogP contribution in [0.25, 0.3) is 0 Å². The molecule has 0 rings (SSSR count). The van der Waals surface area contributed by atoms with E-state index >= 15 is 0 Å². The molecule has 6 nitrogen and oxygen atoms in total. The van der Waals surface area contributed by atoms with Gasteiger partial charge in [-0.3, -0.25) is 17.5 Å². The van der Waals surface area contributed by atoms with Crippen molar-refractivity contribution in [3.63, 3.8) is 0 Å². The van der Waals surface area contributed by atoms with E-state index in [1.807, 2.05) is 0 Å². The van der Waals surface area contributed by atoms with E-state index in [9.17, 15) is 8.42 Å². The molecule has 12 heavy (non-hydrogen) atoms. The van der Waals surface area contributed by atoms with Crippen LogP contribution in [-0.2, 0) is 31.1 Å². The smallest absolute Gasteiger partial charge is 0.284 e. The highest BCUT2D eigenvalue weighted by Crippen LogP contribution is 2.01. The lowest BCUT2D eigenvalue weighted by Crippen LogP contribution is -2.20. The van der Waals surface area contributed by atoms with E-state index in [-0.39, 0.29) is 6.61 Å². The summed E-state index contributed by atoms with van der Waals surface area (Å²) in [4.78, 5) is 0. The summed E-state index contributed by atoms with van der Waals surface area (Å²) >= 11 is -4.73. The van der Waals surface area contributed by atoms with Gasteiger partial charge < -0.3 is 0 Å². The van der Waals surface area contributed by atoms with Crippen molar-refractivity contribution in [2.45, 2.75) is 19.4 Å². The first-order chi connectivity index (χ1) is 5.56. The molecule has 74 valence electrons. The summed E-state index contributed by atoms with van der Waals surface area (Å²) in [5, 5.41) is 0. The van der Waals surface area contributed by atoms with Gasteiger partial charge in [-0.25, -0.2) is 0 Å². The molecule has 0 heterocycles. The summed E-state index contributed by atoms with van der Waals surface area (Å²) in [6.45, 7) is 1.51. The molecule has 0 saturated carbocycles. The Morgan fingerprint density at radius 3 is 2.25 bits per heavy atom. The van der Waals surface area contributed by atoms with Crippen LogP contribution < -0.4 is 0 Å². The molecular formula is C4H10O6S2. The molecule has 0 bridgehead atoms. The maximum Gasteiger partial charge on any atom is 0.302 e. The average Bonchev–Trinajstić information content (AvgIpc) is 1.97. The van der Waals surface area contributed by atoms with Crippen LogP contribution in [0, 0.1) is 0 Å². The zero-order chi connectivity index (χ0) is 9.56. The summed E-state index contributed by atoms with van der Waals surface area (Å²) in [5.74, 6) is 0. The third-order valence-corrected chi connectivity index (χ3v) is 1.80. The van der Waals surface area contributed by atoms with Crippen LogP contribution in [-0.4, -0.2) is 30.2 Å². The number of hydrogen-bond acceptors (Lipinski definition) is 4. The van der Waals surface area contributed by atoms with Gasteiger partial charge in [0, 0.05) is 0 Å². The second-order valence-corrected chi connectivity index (χ2v) is 3.14. The molecule has 0 saturated heterocycles. The minimum atomic E-state index is -2.37. The van der Waals surface area contributed by atoms with Crippen molar-refractivity contribution in [2.75, 3.05) is 6.61 Å². The van der Waals surface area contributed by atoms with Crippen LogP contribution in [0.2, 0.25) is 0 Å². The lowest BCUT2D eigenvalue weighted by Gasteiger charge is -2.10. The molecule has 3 atom stereocenters. The quantitative estimate of drug-likeness (QED) is 0.613. The first-order valence-corrected chi connectivity index (χ1v) is 5.14. The molecule has 0 aromatic heterocycles. The second-order valence-electron chi connectivity index (χ2n) is 1.85. The van der Waals surface area contributed by atoms with Crippen LogP contribution >= 0.6 is 0 Å². The van der Waals surface area contributed by atoms with Gasteiger partial charge in [-0.1, -0.05) is 6.92 Å². The van der Waals surface area contributed by atoms with Gasteiger partial charge in [-0.15, -0.1) is 0 Å². The van der Waals surface area contributed by atoms with E-state index in [2.05, 4.69) is 8.37 Å². The van der Waals surface area contributed by atoms with Crippen LogP contribution in [0.4, 0.5) is 0 Å². The molecule has 8 heteroatoms. The lowest BCUT2D eigenvalue weighted by molar-refractivity contribution is 0.130. The Bertz CT molecular complexity index is 171. The average molecular weight is 218 g/mol. The molecule has 0 fully saturated rings. The molecular weight excluding hydrogens is 208 g/mol. The fourth-order valence-corrected chi connectivity index (χ4v) is 1.16. The molecule has 0 amide bonds. The SMILES string of the molecule is CCC(COS(=O)O)OS(=O)O. The number of rotatable bonds is 6. The molecule has 0 spiro atoms. The molecule has 2 N–H and O–H groups in total. The highest BCUT2D eigenvalue weighted by molar-refractivity contribution is 7.74. The van der Waals surface area contributed by atoms with E-state index in [1.165, 1.54) is 0 Å². The van der Waals surface area contributed by atoms with Gasteiger partial charge in [0.05, 0.1) is 6.61 Å². The normalized spacial score (nSPS) is 18.6. The fourth-order valence-electron chi connectivity index (χ4n) is 0.464. The number of hydrogen-bond donors (Lipinski definition) is 2. The van der Waals surface area contributed by atoms with Crippen molar-refractivity contribution in [3.8, 4) is 0 Å². The van der Waals surface area contributed by atoms with Gasteiger partial charge in [-0.2, -0.15) is 8.42 Å². The lowest BCUT2D eigenvalue weighted by atomic mass is 10.3. The maximum atomic E-state index is 10.1. The zero-order valence-corrected chi connectivity index (χ0v) is 7.97. The van der Waals surface area contributed by atoms with Gasteiger partial charge in [-0.05, 0) is 6.42 Å². The van der Waals surface area contributed by atoms with Crippen LogP contribution in [0.1, 0.15) is 13.3 Å². The van der Waals surface area contributed by atoms with Crippen molar-refractivity contribution in [3.05, 3.63) is 0 Å². The minimum absolute atomic E-state index is 0.189. The van der Waals surface area contributed by atoms with Crippen LogP contribution in [0.15, 0.2) is 0 Å². The highest BCUT2D eigenvalue weighted by Gasteiger charge is 2.11. The molecule has 0 aliphatic carbocycles. The Kier molecular flexibility index (Phi) is 6.71. The molecule has 0 aromatic rings. The van der Waals surface area contributed by atoms with Crippen molar-refractivity contribution in [1.29, 1.82) is 0 Å². The van der Waals surface area contributed by atoms with Gasteiger partial charge in [0.2, 0.25) is 0 Å². The summed E-state index contributed by atoms with van der Waals surface area (Å²) in [5.41, 5.74) is 0. The first-order valence-electron chi connectivity index (χ1n) is 3.08. The Labute approximate surface area is 75.2 Å². The standard InChI is InChI=1S/C4H10O6S2/c1-2-4(10-12(7)8)3-9-11(5)6/h4H,2-3H2,1H3,(H,5,6)(H,7,8). The molecule has 0 aliphatic heterocycles. The van der Waals surface area contributed by atoms with Gasteiger partial charge in [0.15, 0.2) is 0 Å². The summed E-state index contributed by atoms with van der Waals surface area (Å²) < 4.78 is 45.2. The fraction of sp³-hybridized carbons (Fsp3) is 1.00. The van der Waals surface area contributed by atoms with Crippen LogP contribution in [0.3, 0.4) is 0 Å². The third-order valence-electron chi connectivity index (χ3n) is 1.03. The second kappa shape index (κ2) is 6.63. The highest BCUT2D eigenvalue weighted by atomic mass is 32.2. The zero-order valence-electron chi connectivity index (χ0n) is 6.34. The topological polar surface area (TPSA) is 93.1 Å². The maximum absolute atomic E-state index is 10.1. The summed E-state index contributed by atoms with van der Waals surface area (Å²) in [7, 11) is 0. The van der Waals surface area contributed by atoms with E-state index < -0.39 is 28.8 Å². The van der Waals surface area contributed by atoms with Crippen molar-refractivity contribution in [1.82, 2.24) is 0 Å². The Morgan fingerprint density at radius 1 is 1.33 bits per heavy atom.